The molecule has 31 heavy (non-hydrogen) atoms. The van der Waals surface area contributed by atoms with Gasteiger partial charge in [0.2, 0.25) is 0 Å². The summed E-state index contributed by atoms with van der Waals surface area (Å²) < 4.78 is 10.8. The van der Waals surface area contributed by atoms with Crippen molar-refractivity contribution in [1.29, 1.82) is 0 Å². The van der Waals surface area contributed by atoms with Gasteiger partial charge in [0.05, 0.1) is 24.9 Å². The number of nitrogens with one attached hydrogen (secondary N) is 2. The van der Waals surface area contributed by atoms with Crippen molar-refractivity contribution in [1.82, 2.24) is 15.6 Å². The van der Waals surface area contributed by atoms with E-state index in [1.54, 1.807) is 14.0 Å². The number of aliphatic imine (C=N–C) groups is 1. The quantitative estimate of drug-likeness (QED) is 0.142. The lowest BCUT2D eigenvalue weighted by molar-refractivity contribution is 0.0531. The zero-order valence-electron chi connectivity index (χ0n) is 18.6. The van der Waals surface area contributed by atoms with Crippen LogP contribution in [-0.4, -0.2) is 50.3 Å². The number of nitrogens with zero attached hydrogens (tertiary/aromatic N) is 2. The van der Waals surface area contributed by atoms with E-state index in [0.717, 1.165) is 31.0 Å². The molecule has 0 amide bonds. The number of carbonyl (C=O) groups excluding carboxylic acids is 1. The van der Waals surface area contributed by atoms with E-state index in [2.05, 4.69) is 32.7 Å². The first kappa shape index (κ1) is 27.3. The molecular formula is C22H33IN4O3S. The van der Waals surface area contributed by atoms with Crippen molar-refractivity contribution in [2.45, 2.75) is 39.7 Å². The van der Waals surface area contributed by atoms with Gasteiger partial charge in [-0.2, -0.15) is 0 Å². The highest BCUT2D eigenvalue weighted by molar-refractivity contribution is 14.0. The fourth-order valence-electron chi connectivity index (χ4n) is 2.77. The van der Waals surface area contributed by atoms with Crippen LogP contribution in [0.5, 0.6) is 0 Å². The standard InChI is InChI=1S/C22H32N4O3S.HI/c1-5-29-21(27)19-16(2)25-20(30-19)17(3)26-22(23-4)24-13-9-14-28-15-12-18-10-7-6-8-11-18;/h6-8,10-11,17H,5,9,12-15H2,1-4H3,(H2,23,24,26);1H. The van der Waals surface area contributed by atoms with Gasteiger partial charge in [0, 0.05) is 20.2 Å². The van der Waals surface area contributed by atoms with Crippen LogP contribution in [0.25, 0.3) is 0 Å². The fourth-order valence-corrected chi connectivity index (χ4v) is 3.73. The molecule has 1 atom stereocenters. The minimum Gasteiger partial charge on any atom is -0.462 e. The lowest BCUT2D eigenvalue weighted by Gasteiger charge is -2.16. The van der Waals surface area contributed by atoms with Gasteiger partial charge in [-0.15, -0.1) is 35.3 Å². The molecule has 2 rings (SSSR count). The number of hydrogen-bond acceptors (Lipinski definition) is 6. The second-order valence-corrected chi connectivity index (χ2v) is 7.78. The minimum atomic E-state index is -0.319. The van der Waals surface area contributed by atoms with Crippen molar-refractivity contribution in [3.63, 3.8) is 0 Å². The van der Waals surface area contributed by atoms with E-state index >= 15 is 0 Å². The maximum atomic E-state index is 12.0. The molecule has 7 nitrogen and oxygen atoms in total. The normalized spacial score (nSPS) is 12.1. The number of carbonyl (C=O) groups is 1. The first-order valence-electron chi connectivity index (χ1n) is 10.3. The van der Waals surface area contributed by atoms with E-state index in [1.165, 1.54) is 16.9 Å². The highest BCUT2D eigenvalue weighted by Gasteiger charge is 2.20. The highest BCUT2D eigenvalue weighted by Crippen LogP contribution is 2.24. The van der Waals surface area contributed by atoms with Gasteiger partial charge in [-0.05, 0) is 39.2 Å². The van der Waals surface area contributed by atoms with Gasteiger partial charge in [-0.1, -0.05) is 30.3 Å². The van der Waals surface area contributed by atoms with Crippen molar-refractivity contribution >= 4 is 47.2 Å². The number of ether oxygens (including phenoxy) is 2. The molecule has 0 bridgehead atoms. The maximum Gasteiger partial charge on any atom is 0.350 e. The summed E-state index contributed by atoms with van der Waals surface area (Å²) in [7, 11) is 1.73. The van der Waals surface area contributed by atoms with Crippen molar-refractivity contribution in [2.75, 3.05) is 33.4 Å². The molecule has 0 aliphatic carbocycles. The third kappa shape index (κ3) is 9.53. The lowest BCUT2D eigenvalue weighted by atomic mass is 10.2. The van der Waals surface area contributed by atoms with Crippen molar-refractivity contribution in [3.05, 3.63) is 51.5 Å². The summed E-state index contributed by atoms with van der Waals surface area (Å²) in [5.41, 5.74) is 1.98. The number of rotatable bonds is 11. The summed E-state index contributed by atoms with van der Waals surface area (Å²) in [6.45, 7) is 8.13. The molecule has 2 aromatic rings. The first-order valence-corrected chi connectivity index (χ1v) is 11.1. The summed E-state index contributed by atoms with van der Waals surface area (Å²) in [6, 6.07) is 10.3. The number of aromatic nitrogens is 1. The smallest absolute Gasteiger partial charge is 0.350 e. The van der Waals surface area contributed by atoms with E-state index in [9.17, 15) is 4.79 Å². The molecule has 2 N–H and O–H groups in total. The van der Waals surface area contributed by atoms with Gasteiger partial charge in [0.15, 0.2) is 5.96 Å². The Morgan fingerprint density at radius 2 is 2.00 bits per heavy atom. The Bertz CT molecular complexity index is 814. The van der Waals surface area contributed by atoms with Crippen LogP contribution in [0.4, 0.5) is 0 Å². The van der Waals surface area contributed by atoms with E-state index in [4.69, 9.17) is 9.47 Å². The number of thiazole rings is 1. The molecule has 0 fully saturated rings. The summed E-state index contributed by atoms with van der Waals surface area (Å²) in [4.78, 5) is 21.3. The van der Waals surface area contributed by atoms with Crippen LogP contribution in [0.3, 0.4) is 0 Å². The molecule has 0 aliphatic rings. The monoisotopic (exact) mass is 560 g/mol. The summed E-state index contributed by atoms with van der Waals surface area (Å²) >= 11 is 1.35. The van der Waals surface area contributed by atoms with Gasteiger partial charge in [0.25, 0.3) is 0 Å². The topological polar surface area (TPSA) is 84.8 Å². The summed E-state index contributed by atoms with van der Waals surface area (Å²) in [6.07, 6.45) is 1.81. The Morgan fingerprint density at radius 1 is 1.26 bits per heavy atom. The Hall–Kier alpha value is -1.72. The van der Waals surface area contributed by atoms with E-state index < -0.39 is 0 Å². The van der Waals surface area contributed by atoms with E-state index in [-0.39, 0.29) is 36.0 Å². The first-order chi connectivity index (χ1) is 14.5. The molecule has 172 valence electrons. The molecular weight excluding hydrogens is 527 g/mol. The fraction of sp³-hybridized carbons (Fsp3) is 0.500. The Labute approximate surface area is 206 Å². The van der Waals surface area contributed by atoms with Crippen LogP contribution in [0.2, 0.25) is 0 Å². The number of hydrogen-bond donors (Lipinski definition) is 2. The number of esters is 1. The van der Waals surface area contributed by atoms with Crippen molar-refractivity contribution < 1.29 is 14.3 Å². The number of halogens is 1. The zero-order valence-corrected chi connectivity index (χ0v) is 21.8. The summed E-state index contributed by atoms with van der Waals surface area (Å²) in [5.74, 6) is 0.373. The SMILES string of the molecule is CCOC(=O)c1sc(C(C)NC(=NC)NCCCOCCc2ccccc2)nc1C.I. The molecule has 0 radical (unpaired) electrons. The molecule has 1 unspecified atom stereocenters. The third-order valence-corrected chi connectivity index (χ3v) is 5.68. The molecule has 0 spiro atoms. The van der Waals surface area contributed by atoms with Crippen molar-refractivity contribution in [2.24, 2.45) is 4.99 Å². The van der Waals surface area contributed by atoms with Gasteiger partial charge in [-0.25, -0.2) is 9.78 Å². The molecule has 1 aromatic heterocycles. The molecule has 0 saturated carbocycles. The minimum absolute atomic E-state index is 0. The number of aryl methyl sites for hydroxylation is 1. The Balaban J connectivity index is 0.00000480. The van der Waals surface area contributed by atoms with Gasteiger partial charge < -0.3 is 20.1 Å². The number of guanidine groups is 1. The summed E-state index contributed by atoms with van der Waals surface area (Å²) in [5, 5.41) is 7.42. The molecule has 1 heterocycles. The van der Waals surface area contributed by atoms with E-state index in [0.29, 0.717) is 29.7 Å². The predicted octanol–water partition coefficient (Wildman–Crippen LogP) is 4.12. The lowest BCUT2D eigenvalue weighted by Crippen LogP contribution is -2.39. The molecule has 9 heteroatoms. The average molecular weight is 561 g/mol. The van der Waals surface area contributed by atoms with Crippen LogP contribution >= 0.6 is 35.3 Å². The van der Waals surface area contributed by atoms with Crippen LogP contribution in [0.15, 0.2) is 35.3 Å². The molecule has 1 aromatic carbocycles. The van der Waals surface area contributed by atoms with Crippen LogP contribution in [0.1, 0.15) is 52.2 Å². The van der Waals surface area contributed by atoms with E-state index in [1.807, 2.05) is 32.0 Å². The van der Waals surface area contributed by atoms with Crippen molar-refractivity contribution in [3.8, 4) is 0 Å². The second kappa shape index (κ2) is 15.1. The Kier molecular flexibility index (Phi) is 13.3. The second-order valence-electron chi connectivity index (χ2n) is 6.75. The Morgan fingerprint density at radius 3 is 2.68 bits per heavy atom. The maximum absolute atomic E-state index is 12.0. The van der Waals surface area contributed by atoms with Crippen LogP contribution in [0, 0.1) is 6.92 Å². The largest absolute Gasteiger partial charge is 0.462 e. The van der Waals surface area contributed by atoms with Crippen LogP contribution in [-0.2, 0) is 15.9 Å². The molecule has 0 saturated heterocycles. The third-order valence-electron chi connectivity index (χ3n) is 4.36. The molecule has 0 aliphatic heterocycles. The highest BCUT2D eigenvalue weighted by atomic mass is 127. The number of benzene rings is 1. The van der Waals surface area contributed by atoms with Gasteiger partial charge in [0.1, 0.15) is 9.88 Å². The van der Waals surface area contributed by atoms with Gasteiger partial charge in [-0.3, -0.25) is 4.99 Å². The predicted molar refractivity (Wildman–Crippen MR) is 137 cm³/mol. The zero-order chi connectivity index (χ0) is 21.8. The average Bonchev–Trinajstić information content (AvgIpc) is 3.15. The van der Waals surface area contributed by atoms with Gasteiger partial charge >= 0.3 is 5.97 Å². The van der Waals surface area contributed by atoms with Crippen LogP contribution < -0.4 is 10.6 Å².